The fourth-order valence-corrected chi connectivity index (χ4v) is 3.12. The van der Waals surface area contributed by atoms with Crippen molar-refractivity contribution in [1.82, 2.24) is 15.6 Å². The van der Waals surface area contributed by atoms with Crippen LogP contribution in [0.25, 0.3) is 0 Å². The van der Waals surface area contributed by atoms with Crippen LogP contribution in [0.3, 0.4) is 0 Å². The van der Waals surface area contributed by atoms with Gasteiger partial charge in [-0.15, -0.1) is 11.3 Å². The third-order valence-electron chi connectivity index (χ3n) is 3.43. The van der Waals surface area contributed by atoms with Crippen LogP contribution < -0.4 is 10.6 Å². The molecule has 1 fully saturated rings. The van der Waals surface area contributed by atoms with Crippen LogP contribution in [0.4, 0.5) is 0 Å². The molecule has 1 aliphatic rings. The molecule has 1 aromatic rings. The maximum atomic E-state index is 12.0. The first kappa shape index (κ1) is 13.5. The zero-order chi connectivity index (χ0) is 13.0. The van der Waals surface area contributed by atoms with Crippen LogP contribution in [0.1, 0.15) is 24.0 Å². The summed E-state index contributed by atoms with van der Waals surface area (Å²) in [5.74, 6) is 0.808. The fourth-order valence-electron chi connectivity index (χ4n) is 2.34. The minimum absolute atomic E-state index is 0.171. The molecule has 2 unspecified atom stereocenters. The Hall–Kier alpha value is -0.940. The predicted molar refractivity (Wildman–Crippen MR) is 73.7 cm³/mol. The molecule has 4 nitrogen and oxygen atoms in total. The van der Waals surface area contributed by atoms with Gasteiger partial charge in [-0.2, -0.15) is 0 Å². The topological polar surface area (TPSA) is 54.0 Å². The molecule has 0 aromatic carbocycles. The Kier molecular flexibility index (Phi) is 4.72. The SMILES string of the molecule is Cc1csc(CCNC(=O)C2CCNCC2C)n1. The molecule has 0 radical (unpaired) electrons. The molecule has 100 valence electrons. The largest absolute Gasteiger partial charge is 0.355 e. The Labute approximate surface area is 112 Å². The van der Waals surface area contributed by atoms with E-state index >= 15 is 0 Å². The quantitative estimate of drug-likeness (QED) is 0.866. The van der Waals surface area contributed by atoms with E-state index in [2.05, 4.69) is 22.5 Å². The van der Waals surface area contributed by atoms with Gasteiger partial charge in [0, 0.05) is 30.0 Å². The Morgan fingerprint density at radius 1 is 1.67 bits per heavy atom. The summed E-state index contributed by atoms with van der Waals surface area (Å²) in [5, 5.41) is 9.51. The first-order valence-electron chi connectivity index (χ1n) is 6.56. The molecule has 2 heterocycles. The average molecular weight is 267 g/mol. The normalized spacial score (nSPS) is 23.9. The lowest BCUT2D eigenvalue weighted by atomic mass is 9.87. The first-order valence-corrected chi connectivity index (χ1v) is 7.44. The van der Waals surface area contributed by atoms with Gasteiger partial charge in [0.2, 0.25) is 5.91 Å². The highest BCUT2D eigenvalue weighted by Crippen LogP contribution is 2.18. The van der Waals surface area contributed by atoms with Crippen LogP contribution in [0.15, 0.2) is 5.38 Å². The zero-order valence-electron chi connectivity index (χ0n) is 11.0. The van der Waals surface area contributed by atoms with Crippen LogP contribution in [0.2, 0.25) is 0 Å². The summed E-state index contributed by atoms with van der Waals surface area (Å²) in [6.07, 6.45) is 1.78. The molecule has 2 rings (SSSR count). The second kappa shape index (κ2) is 6.29. The second-order valence-electron chi connectivity index (χ2n) is 5.00. The number of rotatable bonds is 4. The number of nitrogens with zero attached hydrogens (tertiary/aromatic N) is 1. The van der Waals surface area contributed by atoms with Gasteiger partial charge in [0.1, 0.15) is 0 Å². The third-order valence-corrected chi connectivity index (χ3v) is 4.45. The van der Waals surface area contributed by atoms with E-state index in [-0.39, 0.29) is 11.8 Å². The van der Waals surface area contributed by atoms with Crippen LogP contribution in [-0.4, -0.2) is 30.5 Å². The lowest BCUT2D eigenvalue weighted by Crippen LogP contribution is -2.43. The van der Waals surface area contributed by atoms with Crippen LogP contribution in [0.5, 0.6) is 0 Å². The summed E-state index contributed by atoms with van der Waals surface area (Å²) in [4.78, 5) is 16.4. The number of hydrogen-bond acceptors (Lipinski definition) is 4. The number of carbonyl (C=O) groups excluding carboxylic acids is 1. The van der Waals surface area contributed by atoms with Crippen molar-refractivity contribution in [2.24, 2.45) is 11.8 Å². The maximum Gasteiger partial charge on any atom is 0.223 e. The summed E-state index contributed by atoms with van der Waals surface area (Å²) in [6.45, 7) is 6.73. The highest BCUT2D eigenvalue weighted by Gasteiger charge is 2.27. The van der Waals surface area contributed by atoms with Crippen LogP contribution in [-0.2, 0) is 11.2 Å². The van der Waals surface area contributed by atoms with Gasteiger partial charge in [-0.1, -0.05) is 6.92 Å². The lowest BCUT2D eigenvalue weighted by molar-refractivity contribution is -0.127. The molecule has 0 spiro atoms. The maximum absolute atomic E-state index is 12.0. The van der Waals surface area contributed by atoms with Gasteiger partial charge < -0.3 is 10.6 Å². The van der Waals surface area contributed by atoms with E-state index in [1.54, 1.807) is 11.3 Å². The Morgan fingerprint density at radius 2 is 2.50 bits per heavy atom. The molecule has 1 aromatic heterocycles. The molecule has 2 N–H and O–H groups in total. The number of amides is 1. The van der Waals surface area contributed by atoms with E-state index in [1.807, 2.05) is 12.3 Å². The average Bonchev–Trinajstić information content (AvgIpc) is 2.75. The monoisotopic (exact) mass is 267 g/mol. The summed E-state index contributed by atoms with van der Waals surface area (Å²) < 4.78 is 0. The number of nitrogens with one attached hydrogen (secondary N) is 2. The fraction of sp³-hybridized carbons (Fsp3) is 0.692. The van der Waals surface area contributed by atoms with Gasteiger partial charge in [-0.25, -0.2) is 4.98 Å². The van der Waals surface area contributed by atoms with Gasteiger partial charge in [0.05, 0.1) is 5.01 Å². The Bertz CT molecular complexity index is 405. The molecular weight excluding hydrogens is 246 g/mol. The molecule has 5 heteroatoms. The highest BCUT2D eigenvalue weighted by molar-refractivity contribution is 7.09. The van der Waals surface area contributed by atoms with Crippen molar-refractivity contribution in [1.29, 1.82) is 0 Å². The Morgan fingerprint density at radius 3 is 3.17 bits per heavy atom. The van der Waals surface area contributed by atoms with Gasteiger partial charge in [-0.05, 0) is 32.4 Å². The van der Waals surface area contributed by atoms with Gasteiger partial charge in [0.15, 0.2) is 0 Å². The van der Waals surface area contributed by atoms with E-state index in [0.717, 1.165) is 36.6 Å². The second-order valence-corrected chi connectivity index (χ2v) is 5.94. The van der Waals surface area contributed by atoms with Gasteiger partial charge >= 0.3 is 0 Å². The molecule has 1 saturated heterocycles. The van der Waals surface area contributed by atoms with Gasteiger partial charge in [-0.3, -0.25) is 4.79 Å². The van der Waals surface area contributed by atoms with Crippen LogP contribution >= 0.6 is 11.3 Å². The number of hydrogen-bond donors (Lipinski definition) is 2. The number of aryl methyl sites for hydroxylation is 1. The van der Waals surface area contributed by atoms with E-state index in [1.165, 1.54) is 0 Å². The number of aromatic nitrogens is 1. The zero-order valence-corrected chi connectivity index (χ0v) is 11.8. The van der Waals surface area contributed by atoms with Crippen molar-refractivity contribution in [3.05, 3.63) is 16.1 Å². The van der Waals surface area contributed by atoms with Crippen molar-refractivity contribution < 1.29 is 4.79 Å². The molecular formula is C13H21N3OS. The van der Waals surface area contributed by atoms with E-state index < -0.39 is 0 Å². The molecule has 0 aliphatic carbocycles. The summed E-state index contributed by atoms with van der Waals surface area (Å²) in [5.41, 5.74) is 1.06. The van der Waals surface area contributed by atoms with E-state index in [4.69, 9.17) is 0 Å². The Balaban J connectivity index is 1.74. The minimum Gasteiger partial charge on any atom is -0.355 e. The highest BCUT2D eigenvalue weighted by atomic mass is 32.1. The molecule has 18 heavy (non-hydrogen) atoms. The summed E-state index contributed by atoms with van der Waals surface area (Å²) >= 11 is 1.66. The molecule has 2 atom stereocenters. The van der Waals surface area contributed by atoms with Gasteiger partial charge in [0.25, 0.3) is 0 Å². The summed E-state index contributed by atoms with van der Waals surface area (Å²) in [6, 6.07) is 0. The van der Waals surface area contributed by atoms with Crippen molar-refractivity contribution in [3.8, 4) is 0 Å². The molecule has 0 bridgehead atoms. The lowest BCUT2D eigenvalue weighted by Gasteiger charge is -2.28. The smallest absolute Gasteiger partial charge is 0.223 e. The number of carbonyl (C=O) groups is 1. The van der Waals surface area contributed by atoms with Crippen LogP contribution in [0, 0.1) is 18.8 Å². The van der Waals surface area contributed by atoms with E-state index in [9.17, 15) is 4.79 Å². The van der Waals surface area contributed by atoms with Crippen molar-refractivity contribution in [3.63, 3.8) is 0 Å². The first-order chi connectivity index (χ1) is 8.66. The van der Waals surface area contributed by atoms with Crippen molar-refractivity contribution in [2.75, 3.05) is 19.6 Å². The molecule has 0 saturated carbocycles. The number of piperidine rings is 1. The molecule has 1 aliphatic heterocycles. The predicted octanol–water partition coefficient (Wildman–Crippen LogP) is 1.36. The van der Waals surface area contributed by atoms with Crippen molar-refractivity contribution >= 4 is 17.2 Å². The third kappa shape index (κ3) is 3.53. The van der Waals surface area contributed by atoms with Crippen molar-refractivity contribution in [2.45, 2.75) is 26.7 Å². The minimum atomic E-state index is 0.171. The standard InChI is InChI=1S/C13H21N3OS/c1-9-7-14-5-3-11(9)13(17)15-6-4-12-16-10(2)8-18-12/h8-9,11,14H,3-7H2,1-2H3,(H,15,17). The molecule has 1 amide bonds. The number of thiazole rings is 1. The summed E-state index contributed by atoms with van der Waals surface area (Å²) in [7, 11) is 0. The van der Waals surface area contributed by atoms with E-state index in [0.29, 0.717) is 12.5 Å².